The normalized spacial score (nSPS) is 13.3. The minimum absolute atomic E-state index is 0.0677. The Morgan fingerprint density at radius 1 is 1.03 bits per heavy atom. The van der Waals surface area contributed by atoms with Gasteiger partial charge in [-0.1, -0.05) is 29.8 Å². The molecule has 1 heterocycles. The van der Waals surface area contributed by atoms with Crippen LogP contribution in [0.2, 0.25) is 5.02 Å². The van der Waals surface area contributed by atoms with Crippen molar-refractivity contribution in [2.75, 3.05) is 24.1 Å². The van der Waals surface area contributed by atoms with Gasteiger partial charge in [-0.25, -0.2) is 13.8 Å². The Morgan fingerprint density at radius 3 is 2.46 bits per heavy atom. The van der Waals surface area contributed by atoms with E-state index in [4.69, 9.17) is 21.1 Å². The highest BCUT2D eigenvalue weighted by molar-refractivity contribution is 7.92. The zero-order valence-electron chi connectivity index (χ0n) is 19.2. The second kappa shape index (κ2) is 10.4. The van der Waals surface area contributed by atoms with Gasteiger partial charge in [0.1, 0.15) is 19.8 Å². The van der Waals surface area contributed by atoms with Crippen molar-refractivity contribution in [3.8, 4) is 11.5 Å². The number of fused-ring (bicyclic) bond motifs is 1. The minimum atomic E-state index is -4.04. The number of carbonyl (C=O) groups is 1. The lowest BCUT2D eigenvalue weighted by molar-refractivity contribution is -0.119. The fourth-order valence-corrected chi connectivity index (χ4v) is 5.30. The molecule has 0 aromatic heterocycles. The van der Waals surface area contributed by atoms with Crippen LogP contribution in [0.4, 0.5) is 5.69 Å². The molecule has 35 heavy (non-hydrogen) atoms. The Kier molecular flexibility index (Phi) is 7.28. The van der Waals surface area contributed by atoms with Gasteiger partial charge < -0.3 is 9.47 Å². The fraction of sp³-hybridized carbons (Fsp3) is 0.200. The smallest absolute Gasteiger partial charge is 0.264 e. The molecule has 0 radical (unpaired) electrons. The Balaban J connectivity index is 1.58. The van der Waals surface area contributed by atoms with E-state index in [1.165, 1.54) is 12.1 Å². The molecule has 0 saturated carbocycles. The van der Waals surface area contributed by atoms with E-state index in [1.807, 2.05) is 6.07 Å². The number of aryl methyl sites for hydroxylation is 1. The fourth-order valence-electron chi connectivity index (χ4n) is 3.56. The lowest BCUT2D eigenvalue weighted by atomic mass is 10.1. The van der Waals surface area contributed by atoms with Gasteiger partial charge in [-0.15, -0.1) is 0 Å². The molecule has 182 valence electrons. The molecule has 1 aliphatic rings. The number of carbonyl (C=O) groups excluding carboxylic acids is 1. The van der Waals surface area contributed by atoms with Crippen LogP contribution in [0.15, 0.2) is 76.7 Å². The third kappa shape index (κ3) is 5.58. The molecule has 1 aliphatic heterocycles. The molecule has 0 bridgehead atoms. The molecule has 1 N–H and O–H groups in total. The van der Waals surface area contributed by atoms with Crippen LogP contribution in [-0.4, -0.2) is 39.8 Å². The van der Waals surface area contributed by atoms with Crippen LogP contribution in [0, 0.1) is 6.92 Å². The molecular formula is C25H24ClN3O5S. The maximum atomic E-state index is 13.5. The summed E-state index contributed by atoms with van der Waals surface area (Å²) in [6.07, 6.45) is 0. The number of amides is 1. The van der Waals surface area contributed by atoms with E-state index in [9.17, 15) is 13.2 Å². The van der Waals surface area contributed by atoms with Gasteiger partial charge in [-0.3, -0.25) is 9.10 Å². The number of hydrogen-bond donors (Lipinski definition) is 1. The van der Waals surface area contributed by atoms with Crippen molar-refractivity contribution in [1.82, 2.24) is 5.43 Å². The van der Waals surface area contributed by atoms with Crippen molar-refractivity contribution in [2.45, 2.75) is 18.7 Å². The molecule has 8 nitrogen and oxygen atoms in total. The summed E-state index contributed by atoms with van der Waals surface area (Å²) in [5.74, 6) is 0.653. The number of benzene rings is 3. The van der Waals surface area contributed by atoms with Crippen molar-refractivity contribution in [3.63, 3.8) is 0 Å². The highest BCUT2D eigenvalue weighted by atomic mass is 35.5. The molecule has 0 aliphatic carbocycles. The van der Waals surface area contributed by atoms with Gasteiger partial charge in [0.25, 0.3) is 15.9 Å². The first-order valence-electron chi connectivity index (χ1n) is 10.8. The Hall–Kier alpha value is -3.56. The molecule has 3 aromatic carbocycles. The van der Waals surface area contributed by atoms with Crippen molar-refractivity contribution in [3.05, 3.63) is 82.9 Å². The third-order valence-corrected chi connectivity index (χ3v) is 7.36. The number of rotatable bonds is 7. The first-order valence-corrected chi connectivity index (χ1v) is 12.6. The molecule has 0 atom stereocenters. The van der Waals surface area contributed by atoms with Gasteiger partial charge in [0, 0.05) is 10.6 Å². The van der Waals surface area contributed by atoms with Gasteiger partial charge in [0.05, 0.1) is 16.3 Å². The number of hydrogen-bond acceptors (Lipinski definition) is 6. The zero-order valence-corrected chi connectivity index (χ0v) is 20.8. The summed E-state index contributed by atoms with van der Waals surface area (Å²) >= 11 is 6.06. The zero-order chi connectivity index (χ0) is 25.0. The van der Waals surface area contributed by atoms with Crippen LogP contribution >= 0.6 is 11.6 Å². The number of sulfonamides is 1. The lowest BCUT2D eigenvalue weighted by Gasteiger charge is -2.25. The predicted molar refractivity (Wildman–Crippen MR) is 135 cm³/mol. The predicted octanol–water partition coefficient (Wildman–Crippen LogP) is 4.16. The quantitative estimate of drug-likeness (QED) is 0.378. The number of nitrogens with one attached hydrogen (secondary N) is 1. The van der Waals surface area contributed by atoms with Crippen LogP contribution in [0.1, 0.15) is 18.1 Å². The molecule has 0 fully saturated rings. The van der Waals surface area contributed by atoms with Crippen molar-refractivity contribution in [1.29, 1.82) is 0 Å². The van der Waals surface area contributed by atoms with Gasteiger partial charge in [0.15, 0.2) is 11.5 Å². The second-order valence-electron chi connectivity index (χ2n) is 7.85. The summed E-state index contributed by atoms with van der Waals surface area (Å²) in [6, 6.07) is 18.1. The Labute approximate surface area is 209 Å². The summed E-state index contributed by atoms with van der Waals surface area (Å²) in [7, 11) is -4.04. The molecular weight excluding hydrogens is 490 g/mol. The van der Waals surface area contributed by atoms with E-state index in [0.29, 0.717) is 46.7 Å². The number of halogens is 1. The number of ether oxygens (including phenoxy) is 2. The Bertz CT molecular complexity index is 1380. The van der Waals surface area contributed by atoms with Crippen molar-refractivity contribution < 1.29 is 22.7 Å². The largest absolute Gasteiger partial charge is 0.486 e. The molecule has 0 unspecified atom stereocenters. The topological polar surface area (TPSA) is 97.3 Å². The standard InChI is InChI=1S/C25H24ClN3O5S/c1-17-14-20(26)9-10-22(17)29(35(31,32)21-6-4-3-5-7-21)16-25(30)28-27-18(2)19-8-11-23-24(15-19)34-13-12-33-23/h3-11,14-15H,12-13,16H2,1-2H3,(H,28,30)/b27-18-. The van der Waals surface area contributed by atoms with E-state index < -0.39 is 22.5 Å². The highest BCUT2D eigenvalue weighted by Gasteiger charge is 2.28. The van der Waals surface area contributed by atoms with E-state index >= 15 is 0 Å². The average Bonchev–Trinajstić information content (AvgIpc) is 2.86. The highest BCUT2D eigenvalue weighted by Crippen LogP contribution is 2.31. The van der Waals surface area contributed by atoms with E-state index in [-0.39, 0.29) is 4.90 Å². The van der Waals surface area contributed by atoms with E-state index in [2.05, 4.69) is 10.5 Å². The number of hydrazone groups is 1. The molecule has 3 aromatic rings. The SMILES string of the molecule is C/C(=N/NC(=O)CN(c1ccc(Cl)cc1C)S(=O)(=O)c1ccccc1)c1ccc2c(c1)OCCO2. The summed E-state index contributed by atoms with van der Waals surface area (Å²) in [5.41, 5.74) is 4.68. The van der Waals surface area contributed by atoms with Crippen LogP contribution in [0.25, 0.3) is 0 Å². The van der Waals surface area contributed by atoms with Crippen LogP contribution in [-0.2, 0) is 14.8 Å². The average molecular weight is 514 g/mol. The van der Waals surface area contributed by atoms with Gasteiger partial charge in [-0.2, -0.15) is 5.10 Å². The molecule has 0 saturated heterocycles. The number of nitrogens with zero attached hydrogens (tertiary/aromatic N) is 2. The van der Waals surface area contributed by atoms with E-state index in [1.54, 1.807) is 62.4 Å². The van der Waals surface area contributed by atoms with Gasteiger partial charge in [0.2, 0.25) is 0 Å². The van der Waals surface area contributed by atoms with Gasteiger partial charge >= 0.3 is 0 Å². The summed E-state index contributed by atoms with van der Waals surface area (Å²) < 4.78 is 39.1. The summed E-state index contributed by atoms with van der Waals surface area (Å²) in [5, 5.41) is 4.62. The first-order chi connectivity index (χ1) is 16.8. The lowest BCUT2D eigenvalue weighted by Crippen LogP contribution is -2.40. The minimum Gasteiger partial charge on any atom is -0.486 e. The molecule has 0 spiro atoms. The monoisotopic (exact) mass is 513 g/mol. The van der Waals surface area contributed by atoms with Crippen LogP contribution < -0.4 is 19.2 Å². The molecule has 10 heteroatoms. The van der Waals surface area contributed by atoms with Crippen molar-refractivity contribution >= 4 is 38.9 Å². The maximum Gasteiger partial charge on any atom is 0.264 e. The second-order valence-corrected chi connectivity index (χ2v) is 10.1. The number of anilines is 1. The molecule has 4 rings (SSSR count). The van der Waals surface area contributed by atoms with Crippen LogP contribution in [0.3, 0.4) is 0 Å². The third-order valence-electron chi connectivity index (χ3n) is 5.35. The maximum absolute atomic E-state index is 13.5. The first kappa shape index (κ1) is 24.6. The molecule has 1 amide bonds. The summed E-state index contributed by atoms with van der Waals surface area (Å²) in [6.45, 7) is 3.94. The van der Waals surface area contributed by atoms with Gasteiger partial charge in [-0.05, 0) is 67.9 Å². The van der Waals surface area contributed by atoms with Crippen LogP contribution in [0.5, 0.6) is 11.5 Å². The Morgan fingerprint density at radius 2 is 1.74 bits per heavy atom. The summed E-state index contributed by atoms with van der Waals surface area (Å²) in [4.78, 5) is 12.9. The van der Waals surface area contributed by atoms with Crippen molar-refractivity contribution in [2.24, 2.45) is 5.10 Å². The van der Waals surface area contributed by atoms with E-state index in [0.717, 1.165) is 9.87 Å².